The Morgan fingerprint density at radius 1 is 1.08 bits per heavy atom. The molecule has 1 heterocycles. The molecule has 1 aromatic carbocycles. The van der Waals surface area contributed by atoms with Crippen LogP contribution < -0.4 is 26.4 Å². The minimum absolute atomic E-state index is 0.00193. The van der Waals surface area contributed by atoms with Crippen LogP contribution in [0.15, 0.2) is 30.3 Å². The molecule has 1 fully saturated rings. The van der Waals surface area contributed by atoms with Crippen molar-refractivity contribution in [3.63, 3.8) is 0 Å². The Morgan fingerprint density at radius 3 is 2.42 bits per heavy atom. The van der Waals surface area contributed by atoms with Crippen molar-refractivity contribution in [2.45, 2.75) is 44.7 Å². The minimum atomic E-state index is -1.06. The number of methoxy groups -OCH3 is 1. The number of benzene rings is 1. The molecule has 1 aliphatic rings. The Morgan fingerprint density at radius 2 is 1.78 bits per heavy atom. The summed E-state index contributed by atoms with van der Waals surface area (Å²) in [5.41, 5.74) is 5.51. The number of rotatable bonds is 8. The molecule has 1 saturated carbocycles. The molecule has 3 rings (SSSR count). The van der Waals surface area contributed by atoms with Crippen molar-refractivity contribution in [3.05, 3.63) is 41.6 Å². The number of anilines is 1. The molecule has 0 unspecified atom stereocenters. The number of alkyl carbamates (subject to hydrolysis) is 1. The third-order valence-corrected chi connectivity index (χ3v) is 5.39. The van der Waals surface area contributed by atoms with E-state index in [1.807, 2.05) is 0 Å². The number of ether oxygens (including phenoxy) is 3. The van der Waals surface area contributed by atoms with Crippen LogP contribution in [-0.4, -0.2) is 53.3 Å². The standard InChI is InChI=1S/C23H29N7O6/c1-14-12-17(36-16-8-6-15(7-9-16)19(24)25)27-20(26-14)28-21(32)29-23(10-4-3-5-11-23)30-22(33)35-13-18(31)34-2/h6-9,12H,3-5,10-11,13H2,1-2H3,(H3,24,25)(H,30,33)(H2,26,27,28,29,32). The van der Waals surface area contributed by atoms with Crippen LogP contribution in [0.25, 0.3) is 0 Å². The molecular formula is C23H29N7O6. The van der Waals surface area contributed by atoms with Crippen LogP contribution in [0, 0.1) is 12.3 Å². The monoisotopic (exact) mass is 499 g/mol. The molecule has 1 aromatic heterocycles. The summed E-state index contributed by atoms with van der Waals surface area (Å²) in [6, 6.07) is 7.55. The van der Waals surface area contributed by atoms with Crippen LogP contribution in [0.5, 0.6) is 11.6 Å². The highest BCUT2D eigenvalue weighted by atomic mass is 16.6. The number of aryl methyl sites for hydroxylation is 1. The van der Waals surface area contributed by atoms with Crippen molar-refractivity contribution in [2.24, 2.45) is 5.73 Å². The third kappa shape index (κ3) is 7.55. The molecule has 0 radical (unpaired) electrons. The van der Waals surface area contributed by atoms with Gasteiger partial charge in [-0.2, -0.15) is 4.98 Å². The highest BCUT2D eigenvalue weighted by Gasteiger charge is 2.36. The molecule has 36 heavy (non-hydrogen) atoms. The van der Waals surface area contributed by atoms with E-state index in [1.165, 1.54) is 7.11 Å². The number of carbonyl (C=O) groups excluding carboxylic acids is 3. The van der Waals surface area contributed by atoms with Gasteiger partial charge < -0.3 is 25.3 Å². The summed E-state index contributed by atoms with van der Waals surface area (Å²) < 4.78 is 15.1. The summed E-state index contributed by atoms with van der Waals surface area (Å²) >= 11 is 0. The number of amidine groups is 1. The minimum Gasteiger partial charge on any atom is -0.466 e. The van der Waals surface area contributed by atoms with E-state index in [0.29, 0.717) is 29.8 Å². The van der Waals surface area contributed by atoms with E-state index in [-0.39, 0.29) is 17.7 Å². The average Bonchev–Trinajstić information content (AvgIpc) is 2.82. The first-order chi connectivity index (χ1) is 17.2. The molecule has 0 aliphatic heterocycles. The van der Waals surface area contributed by atoms with Gasteiger partial charge in [-0.1, -0.05) is 6.42 Å². The van der Waals surface area contributed by atoms with Crippen molar-refractivity contribution in [1.82, 2.24) is 20.6 Å². The van der Waals surface area contributed by atoms with E-state index >= 15 is 0 Å². The van der Waals surface area contributed by atoms with Crippen LogP contribution in [0.1, 0.15) is 43.4 Å². The smallest absolute Gasteiger partial charge is 0.409 e. The number of esters is 1. The topological polar surface area (TPSA) is 191 Å². The Labute approximate surface area is 207 Å². The number of nitrogens with two attached hydrogens (primary N) is 1. The number of urea groups is 1. The molecule has 0 atom stereocenters. The fraction of sp³-hybridized carbons (Fsp3) is 0.391. The van der Waals surface area contributed by atoms with Crippen molar-refractivity contribution < 1.29 is 28.6 Å². The number of nitrogens with zero attached hydrogens (tertiary/aromatic N) is 2. The van der Waals surface area contributed by atoms with E-state index in [2.05, 4.69) is 30.7 Å². The lowest BCUT2D eigenvalue weighted by Crippen LogP contribution is -2.62. The molecule has 2 aromatic rings. The molecular weight excluding hydrogens is 470 g/mol. The van der Waals surface area contributed by atoms with Crippen molar-refractivity contribution in [1.29, 1.82) is 5.41 Å². The molecule has 0 bridgehead atoms. The largest absolute Gasteiger partial charge is 0.466 e. The van der Waals surface area contributed by atoms with E-state index in [9.17, 15) is 14.4 Å². The predicted octanol–water partition coefficient (Wildman–Crippen LogP) is 2.54. The first-order valence-electron chi connectivity index (χ1n) is 11.3. The number of amides is 3. The highest BCUT2D eigenvalue weighted by Crippen LogP contribution is 2.26. The molecule has 6 N–H and O–H groups in total. The van der Waals surface area contributed by atoms with Gasteiger partial charge >= 0.3 is 18.1 Å². The van der Waals surface area contributed by atoms with E-state index < -0.39 is 30.4 Å². The van der Waals surface area contributed by atoms with Crippen LogP contribution >= 0.6 is 0 Å². The predicted molar refractivity (Wildman–Crippen MR) is 129 cm³/mol. The quantitative estimate of drug-likeness (QED) is 0.157. The number of nitrogen functional groups attached to an aromatic ring is 1. The molecule has 1 aliphatic carbocycles. The second-order valence-corrected chi connectivity index (χ2v) is 8.21. The fourth-order valence-corrected chi connectivity index (χ4v) is 3.67. The van der Waals surface area contributed by atoms with Gasteiger partial charge in [0.25, 0.3) is 0 Å². The summed E-state index contributed by atoms with van der Waals surface area (Å²) in [4.78, 5) is 44.7. The summed E-state index contributed by atoms with van der Waals surface area (Å²) in [5.74, 6) is -0.0893. The van der Waals surface area contributed by atoms with Gasteiger partial charge in [0.2, 0.25) is 11.8 Å². The van der Waals surface area contributed by atoms with Gasteiger partial charge in [-0.25, -0.2) is 19.4 Å². The summed E-state index contributed by atoms with van der Waals surface area (Å²) in [6.07, 6.45) is 2.62. The van der Waals surface area contributed by atoms with Crippen LogP contribution in [0.3, 0.4) is 0 Å². The Kier molecular flexibility index (Phi) is 8.60. The maximum Gasteiger partial charge on any atom is 0.409 e. The number of carbonyl (C=O) groups is 3. The van der Waals surface area contributed by atoms with Crippen LogP contribution in [-0.2, 0) is 14.3 Å². The van der Waals surface area contributed by atoms with Gasteiger partial charge in [-0.05, 0) is 56.9 Å². The van der Waals surface area contributed by atoms with Gasteiger partial charge in [0.15, 0.2) is 6.61 Å². The first kappa shape index (κ1) is 26.2. The first-order valence-corrected chi connectivity index (χ1v) is 11.3. The summed E-state index contributed by atoms with van der Waals surface area (Å²) in [6.45, 7) is 1.18. The zero-order chi connectivity index (χ0) is 26.1. The maximum atomic E-state index is 12.8. The van der Waals surface area contributed by atoms with Crippen molar-refractivity contribution in [3.8, 4) is 11.6 Å². The lowest BCUT2D eigenvalue weighted by Gasteiger charge is -2.38. The number of aromatic nitrogens is 2. The third-order valence-electron chi connectivity index (χ3n) is 5.39. The Balaban J connectivity index is 1.66. The van der Waals surface area contributed by atoms with Crippen LogP contribution in [0.4, 0.5) is 15.5 Å². The lowest BCUT2D eigenvalue weighted by molar-refractivity contribution is -0.144. The van der Waals surface area contributed by atoms with Crippen molar-refractivity contribution >= 4 is 29.9 Å². The van der Waals surface area contributed by atoms with E-state index in [4.69, 9.17) is 20.6 Å². The van der Waals surface area contributed by atoms with Gasteiger partial charge in [0.05, 0.1) is 7.11 Å². The number of hydrogen-bond donors (Lipinski definition) is 5. The molecule has 192 valence electrons. The number of nitrogens with one attached hydrogen (secondary N) is 4. The summed E-state index contributed by atoms with van der Waals surface area (Å²) in [5, 5.41) is 15.5. The van der Waals surface area contributed by atoms with Crippen LogP contribution in [0.2, 0.25) is 0 Å². The lowest BCUT2D eigenvalue weighted by atomic mass is 9.89. The Bertz CT molecular complexity index is 1120. The summed E-state index contributed by atoms with van der Waals surface area (Å²) in [7, 11) is 1.19. The Hall–Kier alpha value is -4.42. The maximum absolute atomic E-state index is 12.8. The van der Waals surface area contributed by atoms with E-state index in [1.54, 1.807) is 37.3 Å². The van der Waals surface area contributed by atoms with Gasteiger partial charge in [0.1, 0.15) is 17.2 Å². The highest BCUT2D eigenvalue weighted by molar-refractivity contribution is 5.95. The van der Waals surface area contributed by atoms with E-state index in [0.717, 1.165) is 19.3 Å². The molecule has 0 spiro atoms. The molecule has 3 amide bonds. The second kappa shape index (κ2) is 11.8. The van der Waals surface area contributed by atoms with Gasteiger partial charge in [-0.3, -0.25) is 16.0 Å². The SMILES string of the molecule is COC(=O)COC(=O)NC1(NC(=O)Nc2nc(C)cc(Oc3ccc(C(=N)N)cc3)n2)CCCCC1. The number of hydrogen-bond acceptors (Lipinski definition) is 9. The fourth-order valence-electron chi connectivity index (χ4n) is 3.67. The zero-order valence-electron chi connectivity index (χ0n) is 20.1. The average molecular weight is 500 g/mol. The molecule has 13 nitrogen and oxygen atoms in total. The van der Waals surface area contributed by atoms with Gasteiger partial charge in [0, 0.05) is 17.3 Å². The van der Waals surface area contributed by atoms with Crippen molar-refractivity contribution in [2.75, 3.05) is 19.0 Å². The second-order valence-electron chi connectivity index (χ2n) is 8.21. The zero-order valence-corrected chi connectivity index (χ0v) is 20.1. The molecule has 0 saturated heterocycles. The molecule has 13 heteroatoms. The van der Waals surface area contributed by atoms with Gasteiger partial charge in [-0.15, -0.1) is 0 Å². The normalized spacial score (nSPS) is 14.2.